The summed E-state index contributed by atoms with van der Waals surface area (Å²) >= 11 is 0. The topological polar surface area (TPSA) is 86.5 Å². The summed E-state index contributed by atoms with van der Waals surface area (Å²) in [6.45, 7) is 5.98. The van der Waals surface area contributed by atoms with Crippen molar-refractivity contribution in [2.75, 3.05) is 13.7 Å². The third-order valence-corrected chi connectivity index (χ3v) is 3.10. The van der Waals surface area contributed by atoms with Gasteiger partial charge < -0.3 is 19.2 Å². The maximum atomic E-state index is 11.9. The van der Waals surface area contributed by atoms with Crippen molar-refractivity contribution in [3.05, 3.63) is 47.7 Å². The van der Waals surface area contributed by atoms with Crippen molar-refractivity contribution in [3.63, 3.8) is 0 Å². The average Bonchev–Trinajstić information content (AvgIpc) is 2.95. The van der Waals surface area contributed by atoms with Crippen molar-refractivity contribution in [2.24, 2.45) is 0 Å². The fraction of sp³-hybridized carbons (Fsp3) is 0.471. The second-order valence-corrected chi connectivity index (χ2v) is 6.31. The third kappa shape index (κ3) is 5.34. The number of ether oxygens (including phenoxy) is 2. The zero-order valence-corrected chi connectivity index (χ0v) is 14.4. The number of carbonyl (C=O) groups excluding carboxylic acids is 1. The number of aromatic nitrogens is 2. The van der Waals surface area contributed by atoms with E-state index in [-0.39, 0.29) is 19.1 Å². The van der Waals surface area contributed by atoms with E-state index in [1.807, 2.05) is 51.1 Å². The van der Waals surface area contributed by atoms with Gasteiger partial charge in [0, 0.05) is 13.7 Å². The molecule has 1 heterocycles. The first-order valence-electron chi connectivity index (χ1n) is 7.72. The Balaban J connectivity index is 2.13. The number of nitrogens with one attached hydrogen (secondary N) is 1. The number of rotatable bonds is 6. The number of benzene rings is 1. The highest BCUT2D eigenvalue weighted by molar-refractivity contribution is 5.67. The van der Waals surface area contributed by atoms with Gasteiger partial charge >= 0.3 is 6.09 Å². The first-order chi connectivity index (χ1) is 11.4. The summed E-state index contributed by atoms with van der Waals surface area (Å²) in [4.78, 5) is 11.9. The lowest BCUT2D eigenvalue weighted by Gasteiger charge is -2.21. The Morgan fingerprint density at radius 1 is 1.25 bits per heavy atom. The minimum atomic E-state index is -0.553. The van der Waals surface area contributed by atoms with Gasteiger partial charge in [0.15, 0.2) is 0 Å². The molecule has 1 unspecified atom stereocenters. The Kier molecular flexibility index (Phi) is 5.92. The number of alkyl carbamates (subject to hydrolysis) is 1. The fourth-order valence-electron chi connectivity index (χ4n) is 2.12. The van der Waals surface area contributed by atoms with Gasteiger partial charge in [-0.1, -0.05) is 30.3 Å². The molecule has 0 aliphatic rings. The van der Waals surface area contributed by atoms with E-state index in [9.17, 15) is 4.79 Å². The molecule has 0 bridgehead atoms. The Bertz CT molecular complexity index is 649. The zero-order valence-electron chi connectivity index (χ0n) is 14.4. The largest absolute Gasteiger partial charge is 0.444 e. The molecule has 1 aromatic heterocycles. The molecule has 24 heavy (non-hydrogen) atoms. The molecular formula is C17H23N3O4. The van der Waals surface area contributed by atoms with Crippen molar-refractivity contribution in [1.82, 2.24) is 15.5 Å². The monoisotopic (exact) mass is 333 g/mol. The number of hydrogen-bond acceptors (Lipinski definition) is 6. The maximum absolute atomic E-state index is 11.9. The Morgan fingerprint density at radius 3 is 2.58 bits per heavy atom. The van der Waals surface area contributed by atoms with E-state index in [4.69, 9.17) is 13.9 Å². The molecule has 130 valence electrons. The SMILES string of the molecule is COCc1nnc(C(CNC(=O)OC(C)(C)C)c2ccccc2)o1. The molecule has 0 aliphatic heterocycles. The average molecular weight is 333 g/mol. The number of nitrogens with zero attached hydrogens (tertiary/aromatic N) is 2. The van der Waals surface area contributed by atoms with E-state index in [1.54, 1.807) is 7.11 Å². The van der Waals surface area contributed by atoms with E-state index in [0.29, 0.717) is 11.8 Å². The number of carbonyl (C=O) groups is 1. The van der Waals surface area contributed by atoms with Crippen LogP contribution in [0.25, 0.3) is 0 Å². The molecule has 1 atom stereocenters. The van der Waals surface area contributed by atoms with Crippen LogP contribution in [0, 0.1) is 0 Å². The minimum absolute atomic E-state index is 0.244. The molecule has 1 N–H and O–H groups in total. The van der Waals surface area contributed by atoms with Crippen molar-refractivity contribution in [1.29, 1.82) is 0 Å². The highest BCUT2D eigenvalue weighted by Gasteiger charge is 2.23. The van der Waals surface area contributed by atoms with E-state index < -0.39 is 11.7 Å². The van der Waals surface area contributed by atoms with Crippen LogP contribution in [0.4, 0.5) is 4.79 Å². The third-order valence-electron chi connectivity index (χ3n) is 3.10. The van der Waals surface area contributed by atoms with Crippen LogP contribution in [0.2, 0.25) is 0 Å². The molecule has 2 rings (SSSR count). The predicted molar refractivity (Wildman–Crippen MR) is 87.5 cm³/mol. The second-order valence-electron chi connectivity index (χ2n) is 6.31. The molecule has 7 heteroatoms. The highest BCUT2D eigenvalue weighted by Crippen LogP contribution is 2.23. The van der Waals surface area contributed by atoms with Gasteiger partial charge in [0.1, 0.15) is 12.2 Å². The van der Waals surface area contributed by atoms with Crippen LogP contribution in [-0.4, -0.2) is 35.5 Å². The van der Waals surface area contributed by atoms with Crippen LogP contribution in [0.5, 0.6) is 0 Å². The van der Waals surface area contributed by atoms with Crippen LogP contribution >= 0.6 is 0 Å². The van der Waals surface area contributed by atoms with E-state index in [1.165, 1.54) is 0 Å². The van der Waals surface area contributed by atoms with Gasteiger partial charge in [-0.15, -0.1) is 10.2 Å². The zero-order chi connectivity index (χ0) is 17.6. The van der Waals surface area contributed by atoms with Crippen LogP contribution in [0.3, 0.4) is 0 Å². The summed E-state index contributed by atoms with van der Waals surface area (Å²) < 4.78 is 15.9. The van der Waals surface area contributed by atoms with Gasteiger partial charge in [-0.2, -0.15) is 0 Å². The van der Waals surface area contributed by atoms with Crippen molar-refractivity contribution in [2.45, 2.75) is 38.9 Å². The van der Waals surface area contributed by atoms with Gasteiger partial charge in [0.05, 0.1) is 5.92 Å². The van der Waals surface area contributed by atoms with Gasteiger partial charge in [-0.25, -0.2) is 4.79 Å². The molecule has 1 amide bonds. The van der Waals surface area contributed by atoms with Gasteiger partial charge in [0.2, 0.25) is 11.8 Å². The molecule has 0 saturated heterocycles. The van der Waals surface area contributed by atoms with Gasteiger partial charge in [0.25, 0.3) is 0 Å². The maximum Gasteiger partial charge on any atom is 0.407 e. The summed E-state index contributed by atoms with van der Waals surface area (Å²) in [5.74, 6) is 0.548. The first kappa shape index (κ1) is 17.9. The molecular weight excluding hydrogens is 310 g/mol. The van der Waals surface area contributed by atoms with E-state index in [0.717, 1.165) is 5.56 Å². The summed E-state index contributed by atoms with van der Waals surface area (Å²) in [6.07, 6.45) is -0.486. The Morgan fingerprint density at radius 2 is 1.96 bits per heavy atom. The number of amides is 1. The van der Waals surface area contributed by atoms with Crippen LogP contribution in [-0.2, 0) is 16.1 Å². The smallest absolute Gasteiger partial charge is 0.407 e. The molecule has 1 aromatic carbocycles. The fourth-order valence-corrected chi connectivity index (χ4v) is 2.12. The number of methoxy groups -OCH3 is 1. The van der Waals surface area contributed by atoms with Crippen LogP contribution in [0.1, 0.15) is 44.0 Å². The van der Waals surface area contributed by atoms with Crippen molar-refractivity contribution in [3.8, 4) is 0 Å². The Labute approximate surface area is 141 Å². The van der Waals surface area contributed by atoms with Gasteiger partial charge in [-0.3, -0.25) is 0 Å². The molecule has 0 spiro atoms. The summed E-state index contributed by atoms with van der Waals surface area (Å²) in [7, 11) is 1.56. The summed E-state index contributed by atoms with van der Waals surface area (Å²) in [6, 6.07) is 9.65. The minimum Gasteiger partial charge on any atom is -0.444 e. The van der Waals surface area contributed by atoms with Crippen molar-refractivity contribution >= 4 is 6.09 Å². The standard InChI is InChI=1S/C17H23N3O4/c1-17(2,3)24-16(21)18-10-13(12-8-6-5-7-9-12)15-20-19-14(23-15)11-22-4/h5-9,13H,10-11H2,1-4H3,(H,18,21). The molecule has 7 nitrogen and oxygen atoms in total. The Hall–Kier alpha value is -2.41. The van der Waals surface area contributed by atoms with Crippen LogP contribution < -0.4 is 5.32 Å². The van der Waals surface area contributed by atoms with Crippen molar-refractivity contribution < 1.29 is 18.7 Å². The normalized spacial score (nSPS) is 12.7. The summed E-state index contributed by atoms with van der Waals surface area (Å²) in [5, 5.41) is 10.8. The van der Waals surface area contributed by atoms with E-state index >= 15 is 0 Å². The number of hydrogen-bond donors (Lipinski definition) is 1. The molecule has 2 aromatic rings. The molecule has 0 saturated carbocycles. The highest BCUT2D eigenvalue weighted by atomic mass is 16.6. The van der Waals surface area contributed by atoms with Gasteiger partial charge in [-0.05, 0) is 26.3 Å². The second kappa shape index (κ2) is 7.92. The lowest BCUT2D eigenvalue weighted by atomic mass is 9.99. The first-order valence-corrected chi connectivity index (χ1v) is 7.72. The molecule has 0 fully saturated rings. The lowest BCUT2D eigenvalue weighted by Crippen LogP contribution is -2.35. The summed E-state index contributed by atoms with van der Waals surface area (Å²) in [5.41, 5.74) is 0.406. The molecule has 0 radical (unpaired) electrons. The lowest BCUT2D eigenvalue weighted by molar-refractivity contribution is 0.0525. The van der Waals surface area contributed by atoms with E-state index in [2.05, 4.69) is 15.5 Å². The van der Waals surface area contributed by atoms with Crippen LogP contribution in [0.15, 0.2) is 34.7 Å². The predicted octanol–water partition coefficient (Wildman–Crippen LogP) is 2.87. The molecule has 0 aliphatic carbocycles. The quantitative estimate of drug-likeness (QED) is 0.875.